The number of nitrogens with zero attached hydrogens (tertiary/aromatic N) is 2. The van der Waals surface area contributed by atoms with E-state index in [9.17, 15) is 19.5 Å². The average molecular weight is 573 g/mol. The molecule has 1 N–H and O–H groups in total. The predicted molar refractivity (Wildman–Crippen MR) is 151 cm³/mol. The summed E-state index contributed by atoms with van der Waals surface area (Å²) in [5.41, 5.74) is 1.58. The van der Waals surface area contributed by atoms with E-state index in [0.717, 1.165) is 4.70 Å². The van der Waals surface area contributed by atoms with Crippen molar-refractivity contribution in [1.29, 1.82) is 0 Å². The van der Waals surface area contributed by atoms with Gasteiger partial charge >= 0.3 is 11.9 Å². The topological polar surface area (TPSA) is 124 Å². The number of anilines is 1. The van der Waals surface area contributed by atoms with Crippen molar-refractivity contribution in [2.75, 3.05) is 31.8 Å². The van der Waals surface area contributed by atoms with Crippen LogP contribution in [-0.4, -0.2) is 54.7 Å². The normalized spacial score (nSPS) is 17.6. The van der Waals surface area contributed by atoms with E-state index in [0.29, 0.717) is 53.7 Å². The predicted octanol–water partition coefficient (Wildman–Crippen LogP) is 4.88. The highest BCUT2D eigenvalue weighted by atomic mass is 32.1. The molecule has 1 amide bonds. The van der Waals surface area contributed by atoms with Crippen LogP contribution < -0.4 is 19.1 Å². The first-order valence-corrected chi connectivity index (χ1v) is 13.6. The third-order valence-electron chi connectivity index (χ3n) is 6.77. The third-order valence-corrected chi connectivity index (χ3v) is 7.79. The second-order valence-electron chi connectivity index (χ2n) is 9.20. The molecule has 41 heavy (non-hydrogen) atoms. The molecule has 1 aromatic heterocycles. The highest BCUT2D eigenvalue weighted by molar-refractivity contribution is 7.22. The van der Waals surface area contributed by atoms with Crippen LogP contribution in [0.3, 0.4) is 0 Å². The zero-order chi connectivity index (χ0) is 28.7. The standard InChI is InChI=1S/C30H24N2O8S/c1-3-38-19-9-10-20-23(15-19)41-30(31-20)32-25(16-4-6-17(7-5-16)29(36)37-2)24(27(34)28(32)35)26(33)18-8-11-21-22(14-18)40-13-12-39-21/h4-11,14-15,25,33H,3,12-13H2,1-2H3/b26-24+/t25-/m0/s1. The summed E-state index contributed by atoms with van der Waals surface area (Å²) in [5.74, 6) is -1.01. The zero-order valence-corrected chi connectivity index (χ0v) is 22.9. The van der Waals surface area contributed by atoms with Crippen LogP contribution in [0.5, 0.6) is 17.2 Å². The van der Waals surface area contributed by atoms with Gasteiger partial charge in [-0.1, -0.05) is 23.5 Å². The first kappa shape index (κ1) is 26.3. The van der Waals surface area contributed by atoms with E-state index in [1.54, 1.807) is 42.5 Å². The maximum Gasteiger partial charge on any atom is 0.337 e. The SMILES string of the molecule is CCOc1ccc2nc(N3C(=O)C(=O)/C(=C(/O)c4ccc5c(c4)OCCO5)[C@@H]3c3ccc(C(=O)OC)cc3)sc2c1. The second-order valence-corrected chi connectivity index (χ2v) is 10.2. The maximum absolute atomic E-state index is 13.6. The number of hydrogen-bond donors (Lipinski definition) is 1. The van der Waals surface area contributed by atoms with Crippen LogP contribution in [0.2, 0.25) is 0 Å². The van der Waals surface area contributed by atoms with Crippen LogP contribution in [0.15, 0.2) is 66.2 Å². The quantitative estimate of drug-likeness (QED) is 0.149. The number of fused-ring (bicyclic) bond motifs is 2. The second kappa shape index (κ2) is 10.6. The molecule has 1 atom stereocenters. The van der Waals surface area contributed by atoms with Crippen molar-refractivity contribution in [2.24, 2.45) is 0 Å². The number of ether oxygens (including phenoxy) is 4. The Morgan fingerprint density at radius 1 is 1.02 bits per heavy atom. The molecule has 1 saturated heterocycles. The first-order chi connectivity index (χ1) is 19.9. The summed E-state index contributed by atoms with van der Waals surface area (Å²) in [5, 5.41) is 11.8. The Morgan fingerprint density at radius 2 is 1.76 bits per heavy atom. The molecular weight excluding hydrogens is 548 g/mol. The number of aromatic nitrogens is 1. The van der Waals surface area contributed by atoms with Crippen molar-refractivity contribution in [3.63, 3.8) is 0 Å². The molecule has 4 aromatic rings. The van der Waals surface area contributed by atoms with E-state index >= 15 is 0 Å². The van der Waals surface area contributed by atoms with Gasteiger partial charge in [0, 0.05) is 5.56 Å². The number of ketones is 1. The summed E-state index contributed by atoms with van der Waals surface area (Å²) >= 11 is 1.23. The van der Waals surface area contributed by atoms with Gasteiger partial charge < -0.3 is 24.1 Å². The Hall–Kier alpha value is -4.90. The summed E-state index contributed by atoms with van der Waals surface area (Å²) < 4.78 is 22.4. The monoisotopic (exact) mass is 572 g/mol. The van der Waals surface area contributed by atoms with E-state index in [2.05, 4.69) is 4.98 Å². The van der Waals surface area contributed by atoms with Gasteiger partial charge in [0.05, 0.1) is 41.1 Å². The van der Waals surface area contributed by atoms with Gasteiger partial charge in [0.2, 0.25) is 0 Å². The molecule has 2 aliphatic heterocycles. The van der Waals surface area contributed by atoms with Gasteiger partial charge in [-0.2, -0.15) is 0 Å². The van der Waals surface area contributed by atoms with Crippen LogP contribution in [-0.2, 0) is 14.3 Å². The van der Waals surface area contributed by atoms with E-state index in [1.165, 1.54) is 35.5 Å². The first-order valence-electron chi connectivity index (χ1n) is 12.8. The fraction of sp³-hybridized carbons (Fsp3) is 0.200. The molecule has 0 bridgehead atoms. The van der Waals surface area contributed by atoms with Gasteiger partial charge in [-0.3, -0.25) is 14.5 Å². The number of carbonyl (C=O) groups excluding carboxylic acids is 3. The van der Waals surface area contributed by atoms with Gasteiger partial charge in [0.25, 0.3) is 5.78 Å². The summed E-state index contributed by atoms with van der Waals surface area (Å²) in [6.45, 7) is 3.12. The van der Waals surface area contributed by atoms with Crippen molar-refractivity contribution in [1.82, 2.24) is 4.98 Å². The number of rotatable bonds is 6. The lowest BCUT2D eigenvalue weighted by Crippen LogP contribution is -2.29. The third kappa shape index (κ3) is 4.63. The average Bonchev–Trinajstić information content (AvgIpc) is 3.53. The molecule has 0 radical (unpaired) electrons. The summed E-state index contributed by atoms with van der Waals surface area (Å²) in [6.07, 6.45) is 0. The van der Waals surface area contributed by atoms with E-state index in [-0.39, 0.29) is 22.0 Å². The van der Waals surface area contributed by atoms with Crippen LogP contribution in [0.4, 0.5) is 5.13 Å². The molecule has 0 aliphatic carbocycles. The number of aliphatic hydroxyl groups excluding tert-OH is 1. The molecule has 6 rings (SSSR count). The van der Waals surface area contributed by atoms with E-state index < -0.39 is 23.7 Å². The Morgan fingerprint density at radius 3 is 2.49 bits per heavy atom. The smallest absolute Gasteiger partial charge is 0.337 e. The van der Waals surface area contributed by atoms with Gasteiger partial charge in [-0.05, 0) is 61.0 Å². The zero-order valence-electron chi connectivity index (χ0n) is 22.1. The molecule has 10 nitrogen and oxygen atoms in total. The number of aliphatic hydroxyl groups is 1. The summed E-state index contributed by atoms with van der Waals surface area (Å²) in [4.78, 5) is 45.1. The van der Waals surface area contributed by atoms with E-state index in [4.69, 9.17) is 18.9 Å². The number of carbonyl (C=O) groups is 3. The Labute approximate surface area is 238 Å². The van der Waals surface area contributed by atoms with E-state index in [1.807, 2.05) is 13.0 Å². The minimum absolute atomic E-state index is 0.119. The van der Waals surface area contributed by atoms with Crippen LogP contribution in [0, 0.1) is 0 Å². The fourth-order valence-electron chi connectivity index (χ4n) is 4.86. The van der Waals surface area contributed by atoms with Crippen molar-refractivity contribution in [3.8, 4) is 17.2 Å². The lowest BCUT2D eigenvalue weighted by molar-refractivity contribution is -0.132. The highest BCUT2D eigenvalue weighted by Gasteiger charge is 2.48. The van der Waals surface area contributed by atoms with Gasteiger partial charge in [0.15, 0.2) is 16.6 Å². The molecule has 208 valence electrons. The van der Waals surface area contributed by atoms with Crippen molar-refractivity contribution < 1.29 is 38.4 Å². The fourth-order valence-corrected chi connectivity index (χ4v) is 5.88. The minimum Gasteiger partial charge on any atom is -0.507 e. The number of Topliss-reactive ketones (excluding diaryl/α,β-unsaturated/α-hetero) is 1. The van der Waals surface area contributed by atoms with Crippen LogP contribution >= 0.6 is 11.3 Å². The Balaban J connectivity index is 1.50. The molecule has 2 aliphatic rings. The molecule has 11 heteroatoms. The number of thiazole rings is 1. The molecule has 1 fully saturated rings. The molecular formula is C30H24N2O8S. The van der Waals surface area contributed by atoms with Gasteiger partial charge in [-0.25, -0.2) is 9.78 Å². The molecule has 3 heterocycles. The minimum atomic E-state index is -1.03. The lowest BCUT2D eigenvalue weighted by Gasteiger charge is -2.23. The van der Waals surface area contributed by atoms with Crippen LogP contribution in [0.1, 0.15) is 34.5 Å². The number of amides is 1. The van der Waals surface area contributed by atoms with Crippen LogP contribution in [0.25, 0.3) is 16.0 Å². The number of methoxy groups -OCH3 is 1. The number of hydrogen-bond acceptors (Lipinski definition) is 10. The van der Waals surface area contributed by atoms with Crippen molar-refractivity contribution in [2.45, 2.75) is 13.0 Å². The maximum atomic E-state index is 13.6. The molecule has 0 spiro atoms. The largest absolute Gasteiger partial charge is 0.507 e. The van der Waals surface area contributed by atoms with Crippen molar-refractivity contribution in [3.05, 3.63) is 82.9 Å². The van der Waals surface area contributed by atoms with Gasteiger partial charge in [-0.15, -0.1) is 0 Å². The number of benzene rings is 3. The summed E-state index contributed by atoms with van der Waals surface area (Å²) in [6, 6.07) is 15.5. The number of esters is 1. The van der Waals surface area contributed by atoms with Crippen molar-refractivity contribution >= 4 is 50.1 Å². The van der Waals surface area contributed by atoms with Gasteiger partial charge in [0.1, 0.15) is 24.7 Å². The molecule has 0 unspecified atom stereocenters. The summed E-state index contributed by atoms with van der Waals surface area (Å²) in [7, 11) is 1.28. The lowest BCUT2D eigenvalue weighted by atomic mass is 9.94. The molecule has 0 saturated carbocycles. The highest BCUT2D eigenvalue weighted by Crippen LogP contribution is 2.45. The molecule has 3 aromatic carbocycles. The Bertz CT molecular complexity index is 1730. The Kier molecular flexibility index (Phi) is 6.80.